The van der Waals surface area contributed by atoms with Crippen LogP contribution in [-0.4, -0.2) is 37.6 Å². The van der Waals surface area contributed by atoms with Gasteiger partial charge in [0.15, 0.2) is 0 Å². The number of carbonyl (C=O) groups excluding carboxylic acids is 1. The van der Waals surface area contributed by atoms with E-state index in [1.807, 2.05) is 0 Å². The van der Waals surface area contributed by atoms with Gasteiger partial charge in [-0.1, -0.05) is 0 Å². The molecule has 0 spiro atoms. The monoisotopic (exact) mass is 149 g/mol. The zero-order chi connectivity index (χ0) is 7.98. The van der Waals surface area contributed by atoms with E-state index in [-0.39, 0.29) is 6.61 Å². The Morgan fingerprint density at radius 3 is 2.70 bits per heavy atom. The van der Waals surface area contributed by atoms with Crippen molar-refractivity contribution in [3.8, 4) is 0 Å². The fraction of sp³-hybridized carbons (Fsp3) is 0.800. The van der Waals surface area contributed by atoms with Gasteiger partial charge in [-0.2, -0.15) is 0 Å². The summed E-state index contributed by atoms with van der Waals surface area (Å²) in [4.78, 5) is 10.1. The fourth-order valence-electron chi connectivity index (χ4n) is 0.325. The molecule has 0 saturated heterocycles. The first kappa shape index (κ1) is 9.35. The molecule has 1 amide bonds. The van der Waals surface area contributed by atoms with Gasteiger partial charge in [-0.05, 0) is 0 Å². The van der Waals surface area contributed by atoms with Gasteiger partial charge in [-0.15, -0.1) is 0 Å². The van der Waals surface area contributed by atoms with E-state index in [4.69, 9.17) is 5.11 Å². The van der Waals surface area contributed by atoms with Crippen molar-refractivity contribution in [1.82, 2.24) is 0 Å². The number of rotatable bonds is 5. The average molecular weight is 149 g/mol. The van der Waals surface area contributed by atoms with E-state index >= 15 is 0 Å². The highest BCUT2D eigenvalue weighted by Crippen LogP contribution is 1.83. The second-order valence-corrected chi connectivity index (χ2v) is 1.62. The molecule has 1 unspecified atom stereocenters. The number of primary amides is 1. The third-order valence-corrected chi connectivity index (χ3v) is 0.807. The highest BCUT2D eigenvalue weighted by molar-refractivity contribution is 5.76. The molecule has 10 heavy (non-hydrogen) atoms. The lowest BCUT2D eigenvalue weighted by atomic mass is 10.6. The summed E-state index contributed by atoms with van der Waals surface area (Å²) in [6.07, 6.45) is -1.52. The van der Waals surface area contributed by atoms with E-state index in [1.165, 1.54) is 7.11 Å². The van der Waals surface area contributed by atoms with Gasteiger partial charge in [0, 0.05) is 7.11 Å². The third kappa shape index (κ3) is 4.25. The van der Waals surface area contributed by atoms with Crippen LogP contribution >= 0.6 is 0 Å². The molecule has 0 bridgehead atoms. The number of hydrogen-bond acceptors (Lipinski definition) is 4. The van der Waals surface area contributed by atoms with Crippen LogP contribution in [0.25, 0.3) is 0 Å². The SMILES string of the molecule is COCCOC(O)C(N)=O. The smallest absolute Gasteiger partial charge is 0.274 e. The molecule has 5 heteroatoms. The normalized spacial score (nSPS) is 13.0. The molecule has 0 fully saturated rings. The minimum absolute atomic E-state index is 0.153. The van der Waals surface area contributed by atoms with Crippen molar-refractivity contribution >= 4 is 5.91 Å². The van der Waals surface area contributed by atoms with Crippen LogP contribution in [0.15, 0.2) is 0 Å². The van der Waals surface area contributed by atoms with Gasteiger partial charge in [-0.25, -0.2) is 0 Å². The molecule has 0 aromatic heterocycles. The van der Waals surface area contributed by atoms with Crippen molar-refractivity contribution in [2.45, 2.75) is 6.29 Å². The highest BCUT2D eigenvalue weighted by atomic mass is 16.6. The molecule has 0 aliphatic heterocycles. The van der Waals surface area contributed by atoms with Gasteiger partial charge in [-0.3, -0.25) is 4.79 Å². The molecule has 5 nitrogen and oxygen atoms in total. The van der Waals surface area contributed by atoms with Crippen molar-refractivity contribution in [1.29, 1.82) is 0 Å². The summed E-state index contributed by atoms with van der Waals surface area (Å²) >= 11 is 0. The van der Waals surface area contributed by atoms with Crippen molar-refractivity contribution in [3.63, 3.8) is 0 Å². The van der Waals surface area contributed by atoms with Gasteiger partial charge in [0.2, 0.25) is 6.29 Å². The van der Waals surface area contributed by atoms with Crippen LogP contribution in [0, 0.1) is 0 Å². The molecular formula is C5H11NO4. The number of ether oxygens (including phenoxy) is 2. The summed E-state index contributed by atoms with van der Waals surface area (Å²) < 4.78 is 9.08. The topological polar surface area (TPSA) is 81.8 Å². The maximum absolute atomic E-state index is 10.1. The Hall–Kier alpha value is -0.650. The van der Waals surface area contributed by atoms with Crippen LogP contribution in [0.4, 0.5) is 0 Å². The molecule has 1 atom stereocenters. The predicted molar refractivity (Wildman–Crippen MR) is 33.0 cm³/mol. The van der Waals surface area contributed by atoms with Gasteiger partial charge in [0.1, 0.15) is 0 Å². The number of amides is 1. The number of hydrogen-bond donors (Lipinski definition) is 2. The number of nitrogens with two attached hydrogens (primary N) is 1. The van der Waals surface area contributed by atoms with Crippen molar-refractivity contribution < 1.29 is 19.4 Å². The molecule has 0 heterocycles. The first-order valence-electron chi connectivity index (χ1n) is 2.76. The predicted octanol–water partition coefficient (Wildman–Crippen LogP) is -1.55. The molecule has 0 saturated carbocycles. The number of carbonyl (C=O) groups is 1. The van der Waals surface area contributed by atoms with E-state index in [1.54, 1.807) is 0 Å². The van der Waals surface area contributed by atoms with Crippen molar-refractivity contribution in [2.24, 2.45) is 5.73 Å². The number of aliphatic hydroxyl groups is 1. The molecule has 0 aliphatic carbocycles. The summed E-state index contributed by atoms with van der Waals surface area (Å²) in [5, 5.41) is 8.60. The van der Waals surface area contributed by atoms with Crippen LogP contribution < -0.4 is 5.73 Å². The quantitative estimate of drug-likeness (QED) is 0.366. The Labute approximate surface area is 58.7 Å². The third-order valence-electron chi connectivity index (χ3n) is 0.807. The maximum atomic E-state index is 10.1. The molecule has 60 valence electrons. The van der Waals surface area contributed by atoms with Crippen LogP contribution in [0.2, 0.25) is 0 Å². The van der Waals surface area contributed by atoms with Gasteiger partial charge >= 0.3 is 0 Å². The summed E-state index contributed by atoms with van der Waals surface area (Å²) in [7, 11) is 1.49. The van der Waals surface area contributed by atoms with Crippen LogP contribution in [0.1, 0.15) is 0 Å². The molecule has 0 rings (SSSR count). The minimum Gasteiger partial charge on any atom is -0.382 e. The Balaban J connectivity index is 3.21. The van der Waals surface area contributed by atoms with Gasteiger partial charge in [0.25, 0.3) is 5.91 Å². The lowest BCUT2D eigenvalue weighted by molar-refractivity contribution is -0.156. The Bertz CT molecular complexity index is 106. The van der Waals surface area contributed by atoms with E-state index in [0.717, 1.165) is 0 Å². The van der Waals surface area contributed by atoms with Crippen LogP contribution in [-0.2, 0) is 14.3 Å². The average Bonchev–Trinajstić information content (AvgIpc) is 1.88. The second kappa shape index (κ2) is 5.16. The Kier molecular flexibility index (Phi) is 4.82. The fourth-order valence-corrected chi connectivity index (χ4v) is 0.325. The van der Waals surface area contributed by atoms with E-state index in [9.17, 15) is 4.79 Å². The lowest BCUT2D eigenvalue weighted by Crippen LogP contribution is -2.31. The maximum Gasteiger partial charge on any atom is 0.274 e. The Morgan fingerprint density at radius 1 is 1.70 bits per heavy atom. The first-order valence-corrected chi connectivity index (χ1v) is 2.76. The zero-order valence-electron chi connectivity index (χ0n) is 5.74. The van der Waals surface area contributed by atoms with Gasteiger partial charge < -0.3 is 20.3 Å². The number of methoxy groups -OCH3 is 1. The largest absolute Gasteiger partial charge is 0.382 e. The van der Waals surface area contributed by atoms with Crippen molar-refractivity contribution in [3.05, 3.63) is 0 Å². The van der Waals surface area contributed by atoms with Gasteiger partial charge in [0.05, 0.1) is 13.2 Å². The molecule has 0 aromatic carbocycles. The summed E-state index contributed by atoms with van der Waals surface area (Å²) in [5.41, 5.74) is 4.66. The summed E-state index contributed by atoms with van der Waals surface area (Å²) in [6, 6.07) is 0. The second-order valence-electron chi connectivity index (χ2n) is 1.62. The van der Waals surface area contributed by atoms with Crippen LogP contribution in [0.5, 0.6) is 0 Å². The minimum atomic E-state index is -1.52. The van der Waals surface area contributed by atoms with E-state index in [0.29, 0.717) is 6.61 Å². The standard InChI is InChI=1S/C5H11NO4/c1-9-2-3-10-5(8)4(6)7/h5,8H,2-3H2,1H3,(H2,6,7). The summed E-state index contributed by atoms with van der Waals surface area (Å²) in [5.74, 6) is -0.892. The Morgan fingerprint density at radius 2 is 2.30 bits per heavy atom. The van der Waals surface area contributed by atoms with Crippen molar-refractivity contribution in [2.75, 3.05) is 20.3 Å². The number of aliphatic hydroxyl groups excluding tert-OH is 1. The van der Waals surface area contributed by atoms with E-state index < -0.39 is 12.2 Å². The first-order chi connectivity index (χ1) is 4.68. The molecule has 0 radical (unpaired) electrons. The molecular weight excluding hydrogens is 138 g/mol. The highest BCUT2D eigenvalue weighted by Gasteiger charge is 2.09. The molecule has 3 N–H and O–H groups in total. The molecule has 0 aromatic rings. The van der Waals surface area contributed by atoms with Crippen LogP contribution in [0.3, 0.4) is 0 Å². The lowest BCUT2D eigenvalue weighted by Gasteiger charge is -2.06. The zero-order valence-corrected chi connectivity index (χ0v) is 5.74. The van der Waals surface area contributed by atoms with E-state index in [2.05, 4.69) is 15.2 Å². The molecule has 0 aliphatic rings. The summed E-state index contributed by atoms with van der Waals surface area (Å²) in [6.45, 7) is 0.477.